The van der Waals surface area contributed by atoms with Crippen molar-refractivity contribution in [1.29, 1.82) is 0 Å². The Morgan fingerprint density at radius 1 is 1.17 bits per heavy atom. The van der Waals surface area contributed by atoms with Crippen LogP contribution in [0.25, 0.3) is 0 Å². The van der Waals surface area contributed by atoms with E-state index < -0.39 is 21.8 Å². The first kappa shape index (κ1) is 22.3. The monoisotopic (exact) mass is 437 g/mol. The van der Waals surface area contributed by atoms with Gasteiger partial charge in [0.1, 0.15) is 10.6 Å². The molecule has 0 fully saturated rings. The molecule has 0 spiro atoms. The van der Waals surface area contributed by atoms with Crippen molar-refractivity contribution in [3.8, 4) is 5.75 Å². The molecule has 0 aromatic heterocycles. The van der Waals surface area contributed by atoms with Crippen LogP contribution in [-0.2, 0) is 14.8 Å². The number of allylic oxidation sites excluding steroid dienone is 1. The molecule has 2 aromatic rings. The summed E-state index contributed by atoms with van der Waals surface area (Å²) < 4.78 is 33.1. The zero-order valence-electron chi connectivity index (χ0n) is 15.6. The van der Waals surface area contributed by atoms with E-state index in [0.29, 0.717) is 12.2 Å². The number of hydrogen-bond donors (Lipinski definition) is 3. The van der Waals surface area contributed by atoms with Crippen molar-refractivity contribution < 1.29 is 22.7 Å². The largest absolute Gasteiger partial charge is 0.495 e. The van der Waals surface area contributed by atoms with Crippen LogP contribution in [0.1, 0.15) is 23.2 Å². The topological polar surface area (TPSA) is 114 Å². The summed E-state index contributed by atoms with van der Waals surface area (Å²) in [6, 6.07) is 10.2. The van der Waals surface area contributed by atoms with Crippen LogP contribution in [0, 0.1) is 0 Å². The number of amides is 2. The second kappa shape index (κ2) is 9.94. The summed E-state index contributed by atoms with van der Waals surface area (Å²) in [5.41, 5.74) is 4.68. The fraction of sp³-hybridized carbons (Fsp3) is 0.158. The molecule has 0 unspecified atom stereocenters. The van der Waals surface area contributed by atoms with Crippen LogP contribution in [0.2, 0.25) is 5.02 Å². The highest BCUT2D eigenvalue weighted by Crippen LogP contribution is 2.29. The van der Waals surface area contributed by atoms with E-state index in [2.05, 4.69) is 22.2 Å². The van der Waals surface area contributed by atoms with Gasteiger partial charge in [-0.2, -0.15) is 0 Å². The third kappa shape index (κ3) is 5.97. The Kier molecular flexibility index (Phi) is 7.63. The number of methoxy groups -OCH3 is 1. The average molecular weight is 438 g/mol. The van der Waals surface area contributed by atoms with Gasteiger partial charge < -0.3 is 4.74 Å². The van der Waals surface area contributed by atoms with Gasteiger partial charge in [-0.05, 0) is 36.8 Å². The Hall–Kier alpha value is -3.04. The van der Waals surface area contributed by atoms with E-state index in [9.17, 15) is 18.0 Å². The maximum absolute atomic E-state index is 12.8. The van der Waals surface area contributed by atoms with E-state index in [-0.39, 0.29) is 27.6 Å². The van der Waals surface area contributed by atoms with Crippen LogP contribution in [0.5, 0.6) is 5.75 Å². The summed E-state index contributed by atoms with van der Waals surface area (Å²) in [6.07, 6.45) is 2.19. The summed E-state index contributed by atoms with van der Waals surface area (Å²) in [7, 11) is -2.71. The standard InChI is InChI=1S/C19H20ClN3O5S/c1-3-4-9-18(24)21-22-19(25)13-10-11-14(20)17(12-13)29(26,27)23-15-7-5-6-8-16(15)28-2/h3,5-8,10-12,23H,1,4,9H2,2H3,(H,21,24)(H,22,25). The fourth-order valence-electron chi connectivity index (χ4n) is 2.27. The molecule has 2 aromatic carbocycles. The van der Waals surface area contributed by atoms with Gasteiger partial charge in [-0.25, -0.2) is 8.42 Å². The molecule has 0 aliphatic heterocycles. The zero-order valence-corrected chi connectivity index (χ0v) is 17.1. The van der Waals surface area contributed by atoms with Crippen molar-refractivity contribution in [2.45, 2.75) is 17.7 Å². The number of rotatable bonds is 8. The van der Waals surface area contributed by atoms with Crippen molar-refractivity contribution in [3.05, 3.63) is 65.7 Å². The SMILES string of the molecule is C=CCCC(=O)NNC(=O)c1ccc(Cl)c(S(=O)(=O)Nc2ccccc2OC)c1. The summed E-state index contributed by atoms with van der Waals surface area (Å²) in [5, 5.41) is -0.0704. The Balaban J connectivity index is 2.22. The number of halogens is 1. The van der Waals surface area contributed by atoms with E-state index in [1.807, 2.05) is 0 Å². The molecule has 0 aliphatic rings. The fourth-order valence-corrected chi connectivity index (χ4v) is 3.87. The highest BCUT2D eigenvalue weighted by molar-refractivity contribution is 7.92. The first-order valence-electron chi connectivity index (χ1n) is 8.44. The zero-order chi connectivity index (χ0) is 21.4. The molecule has 0 bridgehead atoms. The number of benzene rings is 2. The molecule has 8 nitrogen and oxygen atoms in total. The number of ether oxygens (including phenoxy) is 1. The molecule has 0 radical (unpaired) electrons. The lowest BCUT2D eigenvalue weighted by atomic mass is 10.2. The summed E-state index contributed by atoms with van der Waals surface area (Å²) in [6.45, 7) is 3.51. The minimum absolute atomic E-state index is 0.00109. The normalized spacial score (nSPS) is 10.7. The van der Waals surface area contributed by atoms with Gasteiger partial charge in [0, 0.05) is 12.0 Å². The number of para-hydroxylation sites is 2. The van der Waals surface area contributed by atoms with Crippen LogP contribution >= 0.6 is 11.6 Å². The predicted molar refractivity (Wildman–Crippen MR) is 110 cm³/mol. The molecule has 3 N–H and O–H groups in total. The van der Waals surface area contributed by atoms with E-state index >= 15 is 0 Å². The van der Waals surface area contributed by atoms with Crippen LogP contribution in [0.15, 0.2) is 60.0 Å². The number of sulfonamides is 1. The lowest BCUT2D eigenvalue weighted by Crippen LogP contribution is -2.41. The van der Waals surface area contributed by atoms with Gasteiger partial charge in [0.05, 0.1) is 17.8 Å². The molecular weight excluding hydrogens is 418 g/mol. The Bertz CT molecular complexity index is 1020. The van der Waals surface area contributed by atoms with Crippen LogP contribution in [0.3, 0.4) is 0 Å². The van der Waals surface area contributed by atoms with E-state index in [1.54, 1.807) is 24.3 Å². The molecule has 0 aliphatic carbocycles. The van der Waals surface area contributed by atoms with E-state index in [1.165, 1.54) is 25.3 Å². The van der Waals surface area contributed by atoms with Crippen LogP contribution < -0.4 is 20.3 Å². The molecule has 0 atom stereocenters. The second-order valence-electron chi connectivity index (χ2n) is 5.78. The maximum Gasteiger partial charge on any atom is 0.269 e. The first-order chi connectivity index (χ1) is 13.8. The Morgan fingerprint density at radius 2 is 1.90 bits per heavy atom. The molecule has 10 heteroatoms. The average Bonchev–Trinajstić information content (AvgIpc) is 2.70. The number of carbonyl (C=O) groups excluding carboxylic acids is 2. The molecule has 0 saturated heterocycles. The lowest BCUT2D eigenvalue weighted by Gasteiger charge is -2.13. The van der Waals surface area contributed by atoms with Crippen molar-refractivity contribution in [3.63, 3.8) is 0 Å². The molecular formula is C19H20ClN3O5S. The van der Waals surface area contributed by atoms with Crippen molar-refractivity contribution >= 4 is 39.1 Å². The van der Waals surface area contributed by atoms with Gasteiger partial charge in [0.2, 0.25) is 5.91 Å². The highest BCUT2D eigenvalue weighted by Gasteiger charge is 2.22. The third-order valence-electron chi connectivity index (χ3n) is 3.73. The number of nitrogens with one attached hydrogen (secondary N) is 3. The van der Waals surface area contributed by atoms with Gasteiger partial charge in [0.25, 0.3) is 15.9 Å². The maximum atomic E-state index is 12.8. The van der Waals surface area contributed by atoms with Crippen molar-refractivity contribution in [2.24, 2.45) is 0 Å². The van der Waals surface area contributed by atoms with Gasteiger partial charge in [-0.15, -0.1) is 6.58 Å². The molecule has 2 rings (SSSR count). The van der Waals surface area contributed by atoms with Gasteiger partial charge >= 0.3 is 0 Å². The van der Waals surface area contributed by atoms with E-state index in [4.69, 9.17) is 16.3 Å². The lowest BCUT2D eigenvalue weighted by molar-refractivity contribution is -0.121. The van der Waals surface area contributed by atoms with Crippen molar-refractivity contribution in [2.75, 3.05) is 11.8 Å². The van der Waals surface area contributed by atoms with Crippen LogP contribution in [-0.4, -0.2) is 27.3 Å². The highest BCUT2D eigenvalue weighted by atomic mass is 35.5. The molecule has 0 saturated carbocycles. The summed E-state index contributed by atoms with van der Waals surface area (Å²) >= 11 is 6.05. The van der Waals surface area contributed by atoms with Gasteiger partial charge in [0.15, 0.2) is 0 Å². The Labute approximate surface area is 173 Å². The number of anilines is 1. The quantitative estimate of drug-likeness (QED) is 0.434. The minimum atomic E-state index is -4.12. The molecule has 2 amide bonds. The molecule has 0 heterocycles. The summed E-state index contributed by atoms with van der Waals surface area (Å²) in [5.74, 6) is -0.774. The number of hydrogen-bond acceptors (Lipinski definition) is 5. The molecule has 29 heavy (non-hydrogen) atoms. The number of hydrazine groups is 1. The Morgan fingerprint density at radius 3 is 2.59 bits per heavy atom. The minimum Gasteiger partial charge on any atom is -0.495 e. The third-order valence-corrected chi connectivity index (χ3v) is 5.57. The van der Waals surface area contributed by atoms with Gasteiger partial charge in [-0.1, -0.05) is 29.8 Å². The first-order valence-corrected chi connectivity index (χ1v) is 10.3. The van der Waals surface area contributed by atoms with Gasteiger partial charge in [-0.3, -0.25) is 25.2 Å². The second-order valence-corrected chi connectivity index (χ2v) is 7.84. The van der Waals surface area contributed by atoms with Crippen molar-refractivity contribution in [1.82, 2.24) is 10.9 Å². The smallest absolute Gasteiger partial charge is 0.269 e. The van der Waals surface area contributed by atoms with Crippen LogP contribution in [0.4, 0.5) is 5.69 Å². The molecule has 154 valence electrons. The predicted octanol–water partition coefficient (Wildman–Crippen LogP) is 2.88. The van der Waals surface area contributed by atoms with E-state index in [0.717, 1.165) is 6.07 Å². The summed E-state index contributed by atoms with van der Waals surface area (Å²) in [4.78, 5) is 23.5. The number of carbonyl (C=O) groups is 2.